The fraction of sp³-hybridized carbons (Fsp3) is 0.324. The Hall–Kier alpha value is -3.50. The summed E-state index contributed by atoms with van der Waals surface area (Å²) < 4.78 is 26.7. The van der Waals surface area contributed by atoms with Crippen molar-refractivity contribution >= 4 is 16.6 Å². The van der Waals surface area contributed by atoms with Crippen molar-refractivity contribution < 1.29 is 18.7 Å². The molecule has 0 unspecified atom stereocenters. The van der Waals surface area contributed by atoms with Gasteiger partial charge in [-0.25, -0.2) is 4.39 Å². The Morgan fingerprint density at radius 3 is 2.42 bits per heavy atom. The number of ether oxygens (including phenoxy) is 2. The van der Waals surface area contributed by atoms with E-state index in [0.717, 1.165) is 61.0 Å². The Balaban J connectivity index is 1.18. The minimum atomic E-state index is -0.259. The highest BCUT2D eigenvalue weighted by Gasteiger charge is 2.23. The third-order valence-electron chi connectivity index (χ3n) is 7.42. The Morgan fingerprint density at radius 1 is 0.842 bits per heavy atom. The molecule has 0 heterocycles. The highest BCUT2D eigenvalue weighted by molar-refractivity contribution is 5.83. The number of carbonyl (C=O) groups is 1. The monoisotopic (exact) mass is 510 g/mol. The van der Waals surface area contributed by atoms with Crippen LogP contribution in [0.25, 0.3) is 21.9 Å². The van der Waals surface area contributed by atoms with Crippen LogP contribution in [0.4, 0.5) is 4.39 Å². The average molecular weight is 511 g/mol. The van der Waals surface area contributed by atoms with Crippen LogP contribution in [-0.4, -0.2) is 18.0 Å². The molecule has 4 aromatic rings. The van der Waals surface area contributed by atoms with E-state index < -0.39 is 0 Å². The Morgan fingerprint density at radius 2 is 1.63 bits per heavy atom. The lowest BCUT2D eigenvalue weighted by Gasteiger charge is -2.29. The molecule has 3 nitrogen and oxygen atoms in total. The zero-order chi connectivity index (χ0) is 26.3. The second-order valence-corrected chi connectivity index (χ2v) is 10.4. The van der Waals surface area contributed by atoms with E-state index in [1.165, 1.54) is 22.4 Å². The van der Waals surface area contributed by atoms with Crippen LogP contribution in [0, 0.1) is 5.82 Å². The summed E-state index contributed by atoms with van der Waals surface area (Å²) in [6, 6.07) is 27.7. The van der Waals surface area contributed by atoms with E-state index in [1.54, 1.807) is 19.1 Å². The summed E-state index contributed by atoms with van der Waals surface area (Å²) in [7, 11) is 0. The van der Waals surface area contributed by atoms with Gasteiger partial charge < -0.3 is 14.3 Å². The third kappa shape index (κ3) is 6.87. The van der Waals surface area contributed by atoms with Crippen molar-refractivity contribution in [2.45, 2.75) is 70.7 Å². The number of rotatable bonds is 10. The maximum Gasteiger partial charge on any atom is 0.129 e. The standard InChI is InChI=1S/C34H35FO3/c1-24(36)6-4-9-27-14-15-33(22-34(27)29-10-5-11-30(35)21-29)38-32-18-16-31(17-19-32)37-23-25-12-13-26-7-2-3-8-28(26)20-25/h2-3,5,7-8,10-15,20-22,31-32H,4,6,9,16-19,23H2,1H3. The zero-order valence-corrected chi connectivity index (χ0v) is 22.0. The number of fused-ring (bicyclic) bond motifs is 1. The molecular weight excluding hydrogens is 475 g/mol. The van der Waals surface area contributed by atoms with Crippen molar-refractivity contribution in [1.82, 2.24) is 0 Å². The van der Waals surface area contributed by atoms with Gasteiger partial charge in [0.05, 0.1) is 18.8 Å². The minimum Gasteiger partial charge on any atom is -0.490 e. The van der Waals surface area contributed by atoms with Crippen LogP contribution in [0.5, 0.6) is 5.75 Å². The van der Waals surface area contributed by atoms with Gasteiger partial charge in [-0.2, -0.15) is 0 Å². The van der Waals surface area contributed by atoms with Crippen LogP contribution in [0.3, 0.4) is 0 Å². The summed E-state index contributed by atoms with van der Waals surface area (Å²) >= 11 is 0. The first-order chi connectivity index (χ1) is 18.5. The van der Waals surface area contributed by atoms with Crippen molar-refractivity contribution in [3.05, 3.63) is 102 Å². The molecule has 38 heavy (non-hydrogen) atoms. The van der Waals surface area contributed by atoms with Gasteiger partial charge in [0.1, 0.15) is 17.3 Å². The summed E-state index contributed by atoms with van der Waals surface area (Å²) in [5.41, 5.74) is 4.11. The molecule has 4 heteroatoms. The van der Waals surface area contributed by atoms with E-state index in [9.17, 15) is 9.18 Å². The number of ketones is 1. The largest absolute Gasteiger partial charge is 0.490 e. The highest BCUT2D eigenvalue weighted by atomic mass is 19.1. The molecule has 5 rings (SSSR count). The molecule has 0 saturated heterocycles. The van der Waals surface area contributed by atoms with Crippen LogP contribution in [0.2, 0.25) is 0 Å². The molecule has 0 aromatic heterocycles. The van der Waals surface area contributed by atoms with Crippen LogP contribution in [0.1, 0.15) is 56.6 Å². The predicted octanol–water partition coefficient (Wildman–Crippen LogP) is 8.46. The van der Waals surface area contributed by atoms with Gasteiger partial charge in [0, 0.05) is 6.42 Å². The molecular formula is C34H35FO3. The molecule has 1 fully saturated rings. The molecule has 0 aliphatic heterocycles. The number of aryl methyl sites for hydroxylation is 1. The SMILES string of the molecule is CC(=O)CCCc1ccc(OC2CCC(OCc3ccc4ccccc4c3)CC2)cc1-c1cccc(F)c1. The highest BCUT2D eigenvalue weighted by Crippen LogP contribution is 2.32. The van der Waals surface area contributed by atoms with Crippen LogP contribution >= 0.6 is 0 Å². The lowest BCUT2D eigenvalue weighted by atomic mass is 9.94. The van der Waals surface area contributed by atoms with Gasteiger partial charge in [-0.3, -0.25) is 0 Å². The topological polar surface area (TPSA) is 35.5 Å². The molecule has 0 N–H and O–H groups in total. The Bertz CT molecular complexity index is 1390. The van der Waals surface area contributed by atoms with Gasteiger partial charge in [0.2, 0.25) is 0 Å². The zero-order valence-electron chi connectivity index (χ0n) is 22.0. The molecule has 1 aliphatic rings. The summed E-state index contributed by atoms with van der Waals surface area (Å²) in [6.45, 7) is 2.25. The fourth-order valence-corrected chi connectivity index (χ4v) is 5.35. The van der Waals surface area contributed by atoms with Crippen molar-refractivity contribution in [3.63, 3.8) is 0 Å². The number of hydrogen-bond donors (Lipinski definition) is 0. The number of halogens is 1. The fourth-order valence-electron chi connectivity index (χ4n) is 5.35. The van der Waals surface area contributed by atoms with Crippen LogP contribution in [-0.2, 0) is 22.6 Å². The van der Waals surface area contributed by atoms with Crippen molar-refractivity contribution in [2.75, 3.05) is 0 Å². The predicted molar refractivity (Wildman–Crippen MR) is 151 cm³/mol. The molecule has 1 aliphatic carbocycles. The lowest BCUT2D eigenvalue weighted by Crippen LogP contribution is -2.28. The number of hydrogen-bond acceptors (Lipinski definition) is 3. The second-order valence-electron chi connectivity index (χ2n) is 10.4. The number of Topliss-reactive ketones (excluding diaryl/α,β-unsaturated/α-hetero) is 1. The van der Waals surface area contributed by atoms with Crippen molar-refractivity contribution in [1.29, 1.82) is 0 Å². The summed E-state index contributed by atoms with van der Waals surface area (Å²) in [6.07, 6.45) is 6.30. The summed E-state index contributed by atoms with van der Waals surface area (Å²) in [4.78, 5) is 11.4. The second kappa shape index (κ2) is 12.4. The Labute approximate surface area is 224 Å². The molecule has 0 bridgehead atoms. The molecule has 0 radical (unpaired) electrons. The van der Waals surface area contributed by atoms with E-state index in [2.05, 4.69) is 48.5 Å². The van der Waals surface area contributed by atoms with Crippen LogP contribution in [0.15, 0.2) is 84.9 Å². The maximum atomic E-state index is 14.0. The third-order valence-corrected chi connectivity index (χ3v) is 7.42. The first-order valence-electron chi connectivity index (χ1n) is 13.7. The van der Waals surface area contributed by atoms with E-state index in [-0.39, 0.29) is 23.8 Å². The van der Waals surface area contributed by atoms with E-state index in [0.29, 0.717) is 13.0 Å². The first-order valence-corrected chi connectivity index (χ1v) is 13.7. The van der Waals surface area contributed by atoms with Gasteiger partial charge in [0.25, 0.3) is 0 Å². The summed E-state index contributed by atoms with van der Waals surface area (Å²) in [5, 5.41) is 2.49. The smallest absolute Gasteiger partial charge is 0.129 e. The lowest BCUT2D eigenvalue weighted by molar-refractivity contribution is -0.117. The van der Waals surface area contributed by atoms with Crippen LogP contribution < -0.4 is 4.74 Å². The molecule has 4 aromatic carbocycles. The first kappa shape index (κ1) is 26.1. The molecule has 0 atom stereocenters. The summed E-state index contributed by atoms with van der Waals surface area (Å²) in [5.74, 6) is 0.736. The van der Waals surface area contributed by atoms with Gasteiger partial charge in [0.15, 0.2) is 0 Å². The normalized spacial score (nSPS) is 17.4. The number of benzene rings is 4. The number of carbonyl (C=O) groups excluding carboxylic acids is 1. The van der Waals surface area contributed by atoms with Crippen molar-refractivity contribution in [3.8, 4) is 16.9 Å². The van der Waals surface area contributed by atoms with Crippen molar-refractivity contribution in [2.24, 2.45) is 0 Å². The molecule has 196 valence electrons. The molecule has 0 spiro atoms. The van der Waals surface area contributed by atoms with E-state index >= 15 is 0 Å². The maximum absolute atomic E-state index is 14.0. The molecule has 0 amide bonds. The Kier molecular flexibility index (Phi) is 8.50. The van der Waals surface area contributed by atoms with E-state index in [4.69, 9.17) is 9.47 Å². The minimum absolute atomic E-state index is 0.138. The van der Waals surface area contributed by atoms with Gasteiger partial charge >= 0.3 is 0 Å². The van der Waals surface area contributed by atoms with Gasteiger partial charge in [-0.1, -0.05) is 54.6 Å². The quantitative estimate of drug-likeness (QED) is 0.215. The van der Waals surface area contributed by atoms with E-state index in [1.807, 2.05) is 18.2 Å². The van der Waals surface area contributed by atoms with Gasteiger partial charge in [-0.05, 0) is 109 Å². The average Bonchev–Trinajstić information content (AvgIpc) is 2.93. The van der Waals surface area contributed by atoms with Gasteiger partial charge in [-0.15, -0.1) is 0 Å². The molecule has 1 saturated carbocycles.